The van der Waals surface area contributed by atoms with Gasteiger partial charge in [-0.2, -0.15) is 0 Å². The molecule has 2 saturated carbocycles. The zero-order valence-electron chi connectivity index (χ0n) is 15.3. The summed E-state index contributed by atoms with van der Waals surface area (Å²) in [5, 5.41) is 10.3. The van der Waals surface area contributed by atoms with Crippen LogP contribution in [-0.4, -0.2) is 12.2 Å². The number of methoxy groups -OCH3 is 1. The average Bonchev–Trinajstić information content (AvgIpc) is 2.97. The van der Waals surface area contributed by atoms with Crippen molar-refractivity contribution < 1.29 is 9.84 Å². The summed E-state index contributed by atoms with van der Waals surface area (Å²) >= 11 is 0. The maximum Gasteiger partial charge on any atom is 0.160 e. The number of fused-ring (bicyclic) bond motifs is 5. The lowest BCUT2D eigenvalue weighted by Gasteiger charge is -2.49. The Labute approximate surface area is 145 Å². The van der Waals surface area contributed by atoms with Crippen molar-refractivity contribution in [3.05, 3.63) is 29.3 Å². The number of phenolic OH excluding ortho intramolecular Hbond substituents is 1. The van der Waals surface area contributed by atoms with E-state index in [9.17, 15) is 5.11 Å². The number of hydrogen-bond donors (Lipinski definition) is 1. The van der Waals surface area contributed by atoms with Gasteiger partial charge in [0.2, 0.25) is 0 Å². The highest BCUT2D eigenvalue weighted by atomic mass is 16.5. The third-order valence-electron chi connectivity index (χ3n) is 7.22. The van der Waals surface area contributed by atoms with Crippen LogP contribution in [0.25, 0.3) is 5.57 Å². The first-order valence-corrected chi connectivity index (χ1v) is 9.67. The van der Waals surface area contributed by atoms with Gasteiger partial charge in [-0.3, -0.25) is 0 Å². The Bertz CT molecular complexity index is 675. The SMILES string of the molecule is CCC=C1C[C@@H]2[C@H](CC[C@]3(C)CCC[C@@H]23)c2cc(OC)c(O)cc21. The van der Waals surface area contributed by atoms with Gasteiger partial charge in [-0.25, -0.2) is 0 Å². The summed E-state index contributed by atoms with van der Waals surface area (Å²) in [6.07, 6.45) is 11.5. The molecule has 0 heterocycles. The summed E-state index contributed by atoms with van der Waals surface area (Å²) in [4.78, 5) is 0. The summed E-state index contributed by atoms with van der Waals surface area (Å²) < 4.78 is 5.42. The Morgan fingerprint density at radius 1 is 1.29 bits per heavy atom. The highest BCUT2D eigenvalue weighted by Crippen LogP contribution is 2.62. The molecule has 1 N–H and O–H groups in total. The summed E-state index contributed by atoms with van der Waals surface area (Å²) in [5.41, 5.74) is 4.71. The largest absolute Gasteiger partial charge is 0.504 e. The second-order valence-corrected chi connectivity index (χ2v) is 8.41. The number of phenols is 1. The minimum absolute atomic E-state index is 0.276. The van der Waals surface area contributed by atoms with E-state index in [1.165, 1.54) is 55.2 Å². The molecule has 0 amide bonds. The number of ether oxygens (including phenoxy) is 1. The quantitative estimate of drug-likeness (QED) is 0.733. The number of allylic oxidation sites excluding steroid dienone is 2. The third kappa shape index (κ3) is 2.29. The third-order valence-corrected chi connectivity index (χ3v) is 7.22. The zero-order chi connectivity index (χ0) is 16.9. The smallest absolute Gasteiger partial charge is 0.160 e. The molecule has 3 aliphatic rings. The van der Waals surface area contributed by atoms with Gasteiger partial charge in [0.05, 0.1) is 7.11 Å². The van der Waals surface area contributed by atoms with Crippen molar-refractivity contribution in [2.45, 2.75) is 64.7 Å². The second kappa shape index (κ2) is 5.82. The molecule has 0 saturated heterocycles. The highest BCUT2D eigenvalue weighted by Gasteiger charge is 2.50. The molecule has 2 nitrogen and oxygen atoms in total. The monoisotopic (exact) mass is 326 g/mol. The normalized spacial score (nSPS) is 36.1. The molecule has 1 aromatic carbocycles. The molecule has 4 rings (SSSR count). The minimum Gasteiger partial charge on any atom is -0.504 e. The molecule has 1 aromatic rings. The van der Waals surface area contributed by atoms with Gasteiger partial charge in [0.15, 0.2) is 11.5 Å². The molecule has 0 aromatic heterocycles. The van der Waals surface area contributed by atoms with E-state index in [0.717, 1.165) is 18.3 Å². The number of aromatic hydroxyl groups is 1. The molecule has 0 bridgehead atoms. The summed E-state index contributed by atoms with van der Waals surface area (Å²) in [5.74, 6) is 3.18. The van der Waals surface area contributed by atoms with Gasteiger partial charge >= 0.3 is 0 Å². The van der Waals surface area contributed by atoms with E-state index < -0.39 is 0 Å². The van der Waals surface area contributed by atoms with E-state index >= 15 is 0 Å². The molecule has 2 fully saturated rings. The number of rotatable bonds is 2. The second-order valence-electron chi connectivity index (χ2n) is 8.41. The van der Waals surface area contributed by atoms with Crippen molar-refractivity contribution in [1.82, 2.24) is 0 Å². The van der Waals surface area contributed by atoms with E-state index in [2.05, 4.69) is 26.0 Å². The molecule has 130 valence electrons. The Morgan fingerprint density at radius 2 is 2.12 bits per heavy atom. The number of benzene rings is 1. The van der Waals surface area contributed by atoms with Crippen molar-refractivity contribution in [1.29, 1.82) is 0 Å². The van der Waals surface area contributed by atoms with Crippen molar-refractivity contribution in [2.75, 3.05) is 7.11 Å². The van der Waals surface area contributed by atoms with Gasteiger partial charge in [0, 0.05) is 0 Å². The zero-order valence-corrected chi connectivity index (χ0v) is 15.3. The van der Waals surface area contributed by atoms with Crippen molar-refractivity contribution in [2.24, 2.45) is 17.3 Å². The van der Waals surface area contributed by atoms with Crippen LogP contribution in [0.1, 0.15) is 75.8 Å². The minimum atomic E-state index is 0.276. The average molecular weight is 326 g/mol. The van der Waals surface area contributed by atoms with Crippen LogP contribution in [0.3, 0.4) is 0 Å². The lowest BCUT2D eigenvalue weighted by Crippen LogP contribution is -2.39. The first-order chi connectivity index (χ1) is 11.6. The van der Waals surface area contributed by atoms with E-state index in [1.54, 1.807) is 7.11 Å². The molecule has 0 spiro atoms. The molecule has 0 unspecified atom stereocenters. The Hall–Kier alpha value is -1.44. The summed E-state index contributed by atoms with van der Waals surface area (Å²) in [7, 11) is 1.65. The number of hydrogen-bond acceptors (Lipinski definition) is 2. The highest BCUT2D eigenvalue weighted by molar-refractivity contribution is 5.74. The standard InChI is InChI=1S/C22H30O2/c1-4-6-14-11-18-15(8-10-22(2)9-5-7-19(18)22)17-13-21(24-3)20(23)12-16(14)17/h6,12-13,15,18-19,23H,4-5,7-11H2,1-3H3/t15-,18-,19+,22+/m1/s1. The van der Waals surface area contributed by atoms with Crippen LogP contribution < -0.4 is 4.74 Å². The van der Waals surface area contributed by atoms with E-state index in [4.69, 9.17) is 4.74 Å². The molecule has 0 aliphatic heterocycles. The predicted octanol–water partition coefficient (Wildman–Crippen LogP) is 5.90. The summed E-state index contributed by atoms with van der Waals surface area (Å²) in [6, 6.07) is 4.08. The molecular weight excluding hydrogens is 296 g/mol. The first kappa shape index (κ1) is 16.1. The fourth-order valence-electron chi connectivity index (χ4n) is 6.09. The van der Waals surface area contributed by atoms with Crippen LogP contribution >= 0.6 is 0 Å². The molecular formula is C22H30O2. The van der Waals surface area contributed by atoms with Gasteiger partial charge in [-0.05, 0) is 90.5 Å². The topological polar surface area (TPSA) is 29.5 Å². The van der Waals surface area contributed by atoms with Crippen LogP contribution in [0.4, 0.5) is 0 Å². The maximum atomic E-state index is 10.3. The van der Waals surface area contributed by atoms with Crippen LogP contribution in [-0.2, 0) is 0 Å². The van der Waals surface area contributed by atoms with Gasteiger partial charge in [-0.15, -0.1) is 0 Å². The molecule has 2 heteroatoms. The van der Waals surface area contributed by atoms with E-state index in [-0.39, 0.29) is 5.75 Å². The Balaban J connectivity index is 1.83. The van der Waals surface area contributed by atoms with Crippen LogP contribution in [0.2, 0.25) is 0 Å². The molecule has 24 heavy (non-hydrogen) atoms. The van der Waals surface area contributed by atoms with Crippen molar-refractivity contribution in [3.8, 4) is 11.5 Å². The molecule has 3 aliphatic carbocycles. The van der Waals surface area contributed by atoms with E-state index in [1.807, 2.05) is 6.07 Å². The van der Waals surface area contributed by atoms with Crippen molar-refractivity contribution in [3.63, 3.8) is 0 Å². The Kier molecular flexibility index (Phi) is 3.89. The molecule has 0 radical (unpaired) electrons. The van der Waals surface area contributed by atoms with Crippen LogP contribution in [0.5, 0.6) is 11.5 Å². The lowest BCUT2D eigenvalue weighted by atomic mass is 9.55. The van der Waals surface area contributed by atoms with Gasteiger partial charge in [0.1, 0.15) is 0 Å². The summed E-state index contributed by atoms with van der Waals surface area (Å²) in [6.45, 7) is 4.75. The maximum absolute atomic E-state index is 10.3. The van der Waals surface area contributed by atoms with Gasteiger partial charge in [-0.1, -0.05) is 26.3 Å². The fraction of sp³-hybridized carbons (Fsp3) is 0.636. The van der Waals surface area contributed by atoms with Gasteiger partial charge < -0.3 is 9.84 Å². The first-order valence-electron chi connectivity index (χ1n) is 9.67. The lowest BCUT2D eigenvalue weighted by molar-refractivity contribution is 0.0701. The van der Waals surface area contributed by atoms with E-state index in [0.29, 0.717) is 17.1 Å². The van der Waals surface area contributed by atoms with Crippen LogP contribution in [0, 0.1) is 17.3 Å². The van der Waals surface area contributed by atoms with Crippen molar-refractivity contribution >= 4 is 5.57 Å². The predicted molar refractivity (Wildman–Crippen MR) is 98.5 cm³/mol. The Morgan fingerprint density at radius 3 is 2.88 bits per heavy atom. The fourth-order valence-corrected chi connectivity index (χ4v) is 6.09. The molecule has 4 atom stereocenters. The van der Waals surface area contributed by atoms with Gasteiger partial charge in [0.25, 0.3) is 0 Å². The van der Waals surface area contributed by atoms with Crippen LogP contribution in [0.15, 0.2) is 18.2 Å².